The molecule has 0 aliphatic heterocycles. The number of carbonyl (C=O) groups excluding carboxylic acids is 1. The molecule has 11 heteroatoms. The highest BCUT2D eigenvalue weighted by Crippen LogP contribution is 2.27. The monoisotopic (exact) mass is 521 g/mol. The van der Waals surface area contributed by atoms with Crippen LogP contribution >= 0.6 is 11.6 Å². The summed E-state index contributed by atoms with van der Waals surface area (Å²) in [7, 11) is -7.63. The first kappa shape index (κ1) is 25.5. The minimum absolute atomic E-state index is 0.0141. The van der Waals surface area contributed by atoms with Crippen molar-refractivity contribution in [3.63, 3.8) is 0 Å². The van der Waals surface area contributed by atoms with Crippen molar-refractivity contribution in [1.29, 1.82) is 0 Å². The highest BCUT2D eigenvalue weighted by molar-refractivity contribution is 7.92. The Morgan fingerprint density at radius 3 is 2.21 bits per heavy atom. The van der Waals surface area contributed by atoms with Crippen molar-refractivity contribution < 1.29 is 21.6 Å². The maximum atomic E-state index is 12.8. The second kappa shape index (κ2) is 10.0. The standard InChI is InChI=1S/C23H24ClN3O5S2/c1-16-8-9-17(2)21(14-16)26-34(31,32)19-12-10-18(11-13-19)25-23(28)15-27(33(3,29)30)22-7-5-4-6-20(22)24/h4-14,26H,15H2,1-3H3,(H,25,28). The minimum atomic E-state index is -3.84. The molecule has 0 aromatic heterocycles. The summed E-state index contributed by atoms with van der Waals surface area (Å²) in [5, 5.41) is 2.76. The number of rotatable bonds is 8. The number of benzene rings is 3. The van der Waals surface area contributed by atoms with Gasteiger partial charge in [0.25, 0.3) is 10.0 Å². The van der Waals surface area contributed by atoms with E-state index in [0.29, 0.717) is 11.4 Å². The molecule has 0 aliphatic rings. The fourth-order valence-electron chi connectivity index (χ4n) is 3.13. The zero-order valence-corrected chi connectivity index (χ0v) is 21.1. The Kier molecular flexibility index (Phi) is 7.54. The average Bonchev–Trinajstić information content (AvgIpc) is 2.75. The molecule has 34 heavy (non-hydrogen) atoms. The molecule has 3 rings (SSSR count). The summed E-state index contributed by atoms with van der Waals surface area (Å²) in [4.78, 5) is 12.6. The highest BCUT2D eigenvalue weighted by Gasteiger charge is 2.23. The summed E-state index contributed by atoms with van der Waals surface area (Å²) >= 11 is 6.10. The first-order valence-electron chi connectivity index (χ1n) is 10.1. The van der Waals surface area contributed by atoms with E-state index in [4.69, 9.17) is 11.6 Å². The minimum Gasteiger partial charge on any atom is -0.325 e. The number of aryl methyl sites for hydroxylation is 2. The molecule has 0 unspecified atom stereocenters. The topological polar surface area (TPSA) is 113 Å². The van der Waals surface area contributed by atoms with Crippen LogP contribution in [0, 0.1) is 13.8 Å². The molecule has 0 spiro atoms. The van der Waals surface area contributed by atoms with Crippen LogP contribution in [-0.4, -0.2) is 35.5 Å². The van der Waals surface area contributed by atoms with Crippen LogP contribution in [0.1, 0.15) is 11.1 Å². The van der Waals surface area contributed by atoms with Gasteiger partial charge in [0.2, 0.25) is 15.9 Å². The number of nitrogens with one attached hydrogen (secondary N) is 2. The van der Waals surface area contributed by atoms with E-state index in [-0.39, 0.29) is 15.6 Å². The molecular formula is C23H24ClN3O5S2. The highest BCUT2D eigenvalue weighted by atomic mass is 35.5. The van der Waals surface area contributed by atoms with Gasteiger partial charge < -0.3 is 5.32 Å². The largest absolute Gasteiger partial charge is 0.325 e. The van der Waals surface area contributed by atoms with E-state index in [1.807, 2.05) is 19.1 Å². The van der Waals surface area contributed by atoms with Crippen molar-refractivity contribution in [2.75, 3.05) is 27.1 Å². The number of hydrogen-bond donors (Lipinski definition) is 2. The second-order valence-corrected chi connectivity index (χ2v) is 11.7. The SMILES string of the molecule is Cc1ccc(C)c(NS(=O)(=O)c2ccc(NC(=O)CN(c3ccccc3Cl)S(C)(=O)=O)cc2)c1. The Bertz CT molecular complexity index is 1420. The molecule has 0 saturated heterocycles. The molecule has 0 fully saturated rings. The van der Waals surface area contributed by atoms with Gasteiger partial charge in [0.15, 0.2) is 0 Å². The molecule has 0 saturated carbocycles. The van der Waals surface area contributed by atoms with Crippen LogP contribution in [0.5, 0.6) is 0 Å². The van der Waals surface area contributed by atoms with E-state index in [1.165, 1.54) is 36.4 Å². The molecule has 3 aromatic rings. The molecule has 3 aromatic carbocycles. The lowest BCUT2D eigenvalue weighted by atomic mass is 10.1. The van der Waals surface area contributed by atoms with Crippen LogP contribution in [0.15, 0.2) is 71.6 Å². The van der Waals surface area contributed by atoms with E-state index in [0.717, 1.165) is 21.7 Å². The molecule has 2 N–H and O–H groups in total. The molecular weight excluding hydrogens is 498 g/mol. The van der Waals surface area contributed by atoms with Crippen LogP contribution in [0.3, 0.4) is 0 Å². The lowest BCUT2D eigenvalue weighted by Crippen LogP contribution is -2.37. The summed E-state index contributed by atoms with van der Waals surface area (Å²) in [6.07, 6.45) is 0.978. The summed E-state index contributed by atoms with van der Waals surface area (Å²) in [5.74, 6) is -0.616. The van der Waals surface area contributed by atoms with Gasteiger partial charge in [0.1, 0.15) is 6.54 Å². The zero-order chi connectivity index (χ0) is 25.1. The van der Waals surface area contributed by atoms with Gasteiger partial charge in [-0.05, 0) is 67.4 Å². The Morgan fingerprint density at radius 1 is 0.941 bits per heavy atom. The van der Waals surface area contributed by atoms with Gasteiger partial charge in [-0.1, -0.05) is 35.9 Å². The van der Waals surface area contributed by atoms with Crippen LogP contribution in [0.4, 0.5) is 17.1 Å². The summed E-state index contributed by atoms with van der Waals surface area (Å²) < 4.78 is 53.5. The van der Waals surface area contributed by atoms with Crippen LogP contribution < -0.4 is 14.3 Å². The third-order valence-corrected chi connectivity index (χ3v) is 7.72. The number of amides is 1. The van der Waals surface area contributed by atoms with E-state index in [2.05, 4.69) is 10.0 Å². The lowest BCUT2D eigenvalue weighted by molar-refractivity contribution is -0.114. The Morgan fingerprint density at radius 2 is 1.59 bits per heavy atom. The molecule has 0 radical (unpaired) electrons. The summed E-state index contributed by atoms with van der Waals surface area (Å²) in [5.41, 5.74) is 2.68. The van der Waals surface area contributed by atoms with Gasteiger partial charge in [0.05, 0.1) is 27.5 Å². The van der Waals surface area contributed by atoms with Crippen molar-refractivity contribution in [1.82, 2.24) is 0 Å². The third-order valence-electron chi connectivity index (χ3n) is 4.89. The fourth-order valence-corrected chi connectivity index (χ4v) is 5.41. The zero-order valence-electron chi connectivity index (χ0n) is 18.7. The Hall–Kier alpha value is -3.08. The molecule has 1 amide bonds. The van der Waals surface area contributed by atoms with Gasteiger partial charge in [-0.15, -0.1) is 0 Å². The first-order valence-corrected chi connectivity index (χ1v) is 13.8. The van der Waals surface area contributed by atoms with Gasteiger partial charge in [-0.25, -0.2) is 16.8 Å². The summed E-state index contributed by atoms with van der Waals surface area (Å²) in [6, 6.07) is 17.3. The molecule has 0 aliphatic carbocycles. The quantitative estimate of drug-likeness (QED) is 0.462. The molecule has 180 valence electrons. The number of carbonyl (C=O) groups is 1. The van der Waals surface area contributed by atoms with E-state index in [1.54, 1.807) is 25.1 Å². The molecule has 8 nitrogen and oxygen atoms in total. The maximum absolute atomic E-state index is 12.8. The number of para-hydroxylation sites is 1. The number of hydrogen-bond acceptors (Lipinski definition) is 5. The van der Waals surface area contributed by atoms with Crippen molar-refractivity contribution in [3.8, 4) is 0 Å². The maximum Gasteiger partial charge on any atom is 0.261 e. The van der Waals surface area contributed by atoms with Gasteiger partial charge in [0, 0.05) is 5.69 Å². The number of sulfonamides is 2. The van der Waals surface area contributed by atoms with E-state index < -0.39 is 32.5 Å². The van der Waals surface area contributed by atoms with Crippen molar-refractivity contribution >= 4 is 54.6 Å². The predicted octanol–water partition coefficient (Wildman–Crippen LogP) is 4.16. The van der Waals surface area contributed by atoms with Gasteiger partial charge >= 0.3 is 0 Å². The number of halogens is 1. The predicted molar refractivity (Wildman–Crippen MR) is 135 cm³/mol. The smallest absolute Gasteiger partial charge is 0.261 e. The first-order chi connectivity index (χ1) is 15.9. The normalized spacial score (nSPS) is 11.6. The second-order valence-electron chi connectivity index (χ2n) is 7.72. The van der Waals surface area contributed by atoms with E-state index in [9.17, 15) is 21.6 Å². The van der Waals surface area contributed by atoms with Crippen LogP contribution in [0.2, 0.25) is 5.02 Å². The van der Waals surface area contributed by atoms with Crippen molar-refractivity contribution in [2.45, 2.75) is 18.7 Å². The third kappa shape index (κ3) is 6.28. The van der Waals surface area contributed by atoms with Crippen molar-refractivity contribution in [3.05, 3.63) is 82.9 Å². The molecule has 0 bridgehead atoms. The van der Waals surface area contributed by atoms with Gasteiger partial charge in [-0.3, -0.25) is 13.8 Å². The van der Waals surface area contributed by atoms with Crippen LogP contribution in [0.25, 0.3) is 0 Å². The number of anilines is 3. The fraction of sp³-hybridized carbons (Fsp3) is 0.174. The van der Waals surface area contributed by atoms with Crippen LogP contribution in [-0.2, 0) is 24.8 Å². The lowest BCUT2D eigenvalue weighted by Gasteiger charge is -2.22. The Balaban J connectivity index is 1.74. The summed E-state index contributed by atoms with van der Waals surface area (Å²) in [6.45, 7) is 3.17. The van der Waals surface area contributed by atoms with Crippen molar-refractivity contribution in [2.24, 2.45) is 0 Å². The Labute approximate surface area is 204 Å². The molecule has 0 atom stereocenters. The molecule has 0 heterocycles. The average molecular weight is 522 g/mol. The van der Waals surface area contributed by atoms with E-state index >= 15 is 0 Å². The number of nitrogens with zero attached hydrogens (tertiary/aromatic N) is 1. The van der Waals surface area contributed by atoms with Gasteiger partial charge in [-0.2, -0.15) is 0 Å².